The fourth-order valence-electron chi connectivity index (χ4n) is 2.76. The van der Waals surface area contributed by atoms with Gasteiger partial charge in [0.05, 0.1) is 0 Å². The third-order valence-electron chi connectivity index (χ3n) is 3.95. The molecule has 2 aromatic heterocycles. The lowest BCUT2D eigenvalue weighted by Crippen LogP contribution is -2.37. The number of nitrogens with one attached hydrogen (secondary N) is 3. The van der Waals surface area contributed by atoms with Crippen LogP contribution in [0.1, 0.15) is 16.7 Å². The van der Waals surface area contributed by atoms with E-state index in [1.54, 1.807) is 18.4 Å². The van der Waals surface area contributed by atoms with E-state index in [0.717, 1.165) is 25.5 Å². The van der Waals surface area contributed by atoms with Crippen LogP contribution in [-0.4, -0.2) is 24.5 Å². The Kier molecular flexibility index (Phi) is 7.11. The van der Waals surface area contributed by atoms with Gasteiger partial charge in [-0.05, 0) is 52.9 Å². The zero-order valence-electron chi connectivity index (χ0n) is 13.9. The lowest BCUT2D eigenvalue weighted by atomic mass is 10.1. The molecule has 24 heavy (non-hydrogen) atoms. The smallest absolute Gasteiger partial charge is 0.191 e. The third kappa shape index (κ3) is 4.51. The van der Waals surface area contributed by atoms with E-state index in [0.29, 0.717) is 0 Å². The van der Waals surface area contributed by atoms with Crippen LogP contribution in [0.4, 0.5) is 0 Å². The first-order valence-corrected chi connectivity index (χ1v) is 8.73. The van der Waals surface area contributed by atoms with E-state index in [-0.39, 0.29) is 24.0 Å². The number of aryl methyl sites for hydroxylation is 1. The molecule has 0 bridgehead atoms. The summed E-state index contributed by atoms with van der Waals surface area (Å²) in [6.45, 7) is 3.81. The summed E-state index contributed by atoms with van der Waals surface area (Å²) in [5.74, 6) is 0.841. The van der Waals surface area contributed by atoms with Gasteiger partial charge >= 0.3 is 0 Å². The van der Waals surface area contributed by atoms with Crippen molar-refractivity contribution >= 4 is 52.2 Å². The Hall–Kier alpha value is -1.54. The summed E-state index contributed by atoms with van der Waals surface area (Å²) >= 11 is 1.71. The van der Waals surface area contributed by atoms with Gasteiger partial charge in [0.25, 0.3) is 0 Å². The number of hydrogen-bond donors (Lipinski definition) is 3. The van der Waals surface area contributed by atoms with Crippen molar-refractivity contribution in [1.29, 1.82) is 0 Å². The Balaban J connectivity index is 0.00000208. The molecule has 128 valence electrons. The molecular formula is C18H23IN4S. The van der Waals surface area contributed by atoms with Crippen LogP contribution in [0.25, 0.3) is 10.9 Å². The summed E-state index contributed by atoms with van der Waals surface area (Å²) in [5.41, 5.74) is 5.16. The lowest BCUT2D eigenvalue weighted by molar-refractivity contribution is 0.797. The second kappa shape index (κ2) is 9.08. The average molecular weight is 454 g/mol. The zero-order valence-corrected chi connectivity index (χ0v) is 17.1. The Labute approximate surface area is 163 Å². The first-order valence-electron chi connectivity index (χ1n) is 7.79. The summed E-state index contributed by atoms with van der Waals surface area (Å²) in [5, 5.41) is 12.3. The maximum Gasteiger partial charge on any atom is 0.191 e. The van der Waals surface area contributed by atoms with Gasteiger partial charge in [-0.3, -0.25) is 4.99 Å². The minimum atomic E-state index is 0. The second-order valence-electron chi connectivity index (χ2n) is 5.55. The van der Waals surface area contributed by atoms with Crippen molar-refractivity contribution in [1.82, 2.24) is 15.6 Å². The molecule has 0 aliphatic rings. The van der Waals surface area contributed by atoms with Gasteiger partial charge in [-0.15, -0.1) is 24.0 Å². The predicted molar refractivity (Wildman–Crippen MR) is 115 cm³/mol. The molecule has 0 unspecified atom stereocenters. The van der Waals surface area contributed by atoms with E-state index < -0.39 is 0 Å². The van der Waals surface area contributed by atoms with Crippen LogP contribution in [0.3, 0.4) is 0 Å². The monoisotopic (exact) mass is 454 g/mol. The number of nitrogens with zero attached hydrogens (tertiary/aromatic N) is 1. The van der Waals surface area contributed by atoms with Gasteiger partial charge in [0.2, 0.25) is 0 Å². The van der Waals surface area contributed by atoms with Crippen molar-refractivity contribution in [3.05, 3.63) is 57.9 Å². The van der Waals surface area contributed by atoms with E-state index in [9.17, 15) is 0 Å². The summed E-state index contributed by atoms with van der Waals surface area (Å²) in [4.78, 5) is 7.63. The van der Waals surface area contributed by atoms with Crippen molar-refractivity contribution in [3.8, 4) is 0 Å². The van der Waals surface area contributed by atoms with E-state index >= 15 is 0 Å². The first kappa shape index (κ1) is 18.8. The Morgan fingerprint density at radius 3 is 2.88 bits per heavy atom. The molecule has 2 heterocycles. The molecule has 0 spiro atoms. The van der Waals surface area contributed by atoms with Crippen molar-refractivity contribution in [2.45, 2.75) is 19.9 Å². The number of H-pyrrole nitrogens is 1. The van der Waals surface area contributed by atoms with Crippen LogP contribution >= 0.6 is 35.3 Å². The molecule has 0 saturated carbocycles. The largest absolute Gasteiger partial charge is 0.361 e. The summed E-state index contributed by atoms with van der Waals surface area (Å²) < 4.78 is 0. The molecule has 0 aliphatic heterocycles. The van der Waals surface area contributed by atoms with Crippen molar-refractivity contribution in [2.75, 3.05) is 13.6 Å². The van der Waals surface area contributed by atoms with Crippen LogP contribution in [0.2, 0.25) is 0 Å². The van der Waals surface area contributed by atoms with Gasteiger partial charge in [0.1, 0.15) is 0 Å². The summed E-state index contributed by atoms with van der Waals surface area (Å²) in [6.07, 6.45) is 3.07. The number of aliphatic imine (C=N–C) groups is 1. The number of aromatic amines is 1. The minimum absolute atomic E-state index is 0. The highest BCUT2D eigenvalue weighted by Crippen LogP contribution is 2.22. The number of thiophene rings is 1. The molecule has 0 aliphatic carbocycles. The normalized spacial score (nSPS) is 11.3. The SMILES string of the molecule is CN=C(NCCc1c[nH]c2cccc(C)c12)NCc1ccsc1.I. The molecule has 6 heteroatoms. The molecule has 3 N–H and O–H groups in total. The predicted octanol–water partition coefficient (Wildman–Crippen LogP) is 4.06. The van der Waals surface area contributed by atoms with Crippen LogP contribution in [0.15, 0.2) is 46.2 Å². The number of benzene rings is 1. The molecule has 0 atom stereocenters. The fourth-order valence-corrected chi connectivity index (χ4v) is 3.43. The Morgan fingerprint density at radius 2 is 2.12 bits per heavy atom. The number of guanidine groups is 1. The van der Waals surface area contributed by atoms with E-state index in [1.807, 2.05) is 0 Å². The quantitative estimate of drug-likeness (QED) is 0.310. The molecular weight excluding hydrogens is 431 g/mol. The van der Waals surface area contributed by atoms with Gasteiger partial charge in [0.15, 0.2) is 5.96 Å². The highest BCUT2D eigenvalue weighted by atomic mass is 127. The van der Waals surface area contributed by atoms with E-state index in [2.05, 4.69) is 68.8 Å². The summed E-state index contributed by atoms with van der Waals surface area (Å²) in [6, 6.07) is 8.50. The number of fused-ring (bicyclic) bond motifs is 1. The number of hydrogen-bond acceptors (Lipinski definition) is 2. The Morgan fingerprint density at radius 1 is 1.25 bits per heavy atom. The fraction of sp³-hybridized carbons (Fsp3) is 0.278. The Bertz CT molecular complexity index is 793. The van der Waals surface area contributed by atoms with Crippen molar-refractivity contribution < 1.29 is 0 Å². The standard InChI is InChI=1S/C18H22N4S.HI/c1-13-4-3-5-16-17(13)15(11-21-16)6-8-20-18(19-2)22-10-14-7-9-23-12-14;/h3-5,7,9,11-12,21H,6,8,10H2,1-2H3,(H2,19,20,22);1H. The van der Waals surface area contributed by atoms with Crippen molar-refractivity contribution in [3.63, 3.8) is 0 Å². The molecule has 3 aromatic rings. The molecule has 0 fully saturated rings. The number of aromatic nitrogens is 1. The van der Waals surface area contributed by atoms with Crippen LogP contribution in [0.5, 0.6) is 0 Å². The van der Waals surface area contributed by atoms with Gasteiger partial charge in [-0.1, -0.05) is 12.1 Å². The van der Waals surface area contributed by atoms with Gasteiger partial charge in [0, 0.05) is 37.2 Å². The highest BCUT2D eigenvalue weighted by Gasteiger charge is 2.06. The molecule has 0 radical (unpaired) electrons. The van der Waals surface area contributed by atoms with Crippen LogP contribution < -0.4 is 10.6 Å². The molecule has 4 nitrogen and oxygen atoms in total. The van der Waals surface area contributed by atoms with E-state index in [1.165, 1.54) is 27.6 Å². The van der Waals surface area contributed by atoms with E-state index in [4.69, 9.17) is 0 Å². The van der Waals surface area contributed by atoms with Crippen molar-refractivity contribution in [2.24, 2.45) is 4.99 Å². The van der Waals surface area contributed by atoms with Crippen LogP contribution in [-0.2, 0) is 13.0 Å². The third-order valence-corrected chi connectivity index (χ3v) is 4.68. The highest BCUT2D eigenvalue weighted by molar-refractivity contribution is 14.0. The maximum atomic E-state index is 4.28. The van der Waals surface area contributed by atoms with Gasteiger partial charge in [-0.25, -0.2) is 0 Å². The number of rotatable bonds is 5. The second-order valence-corrected chi connectivity index (χ2v) is 6.33. The first-order chi connectivity index (χ1) is 11.3. The summed E-state index contributed by atoms with van der Waals surface area (Å²) in [7, 11) is 1.80. The topological polar surface area (TPSA) is 52.2 Å². The molecule has 0 amide bonds. The number of halogens is 1. The molecule has 0 saturated heterocycles. The average Bonchev–Trinajstić information content (AvgIpc) is 3.21. The van der Waals surface area contributed by atoms with Gasteiger partial charge in [-0.2, -0.15) is 11.3 Å². The zero-order chi connectivity index (χ0) is 16.1. The molecule has 3 rings (SSSR count). The van der Waals surface area contributed by atoms with Crippen LogP contribution in [0, 0.1) is 6.92 Å². The minimum Gasteiger partial charge on any atom is -0.361 e. The maximum absolute atomic E-state index is 4.28. The lowest BCUT2D eigenvalue weighted by Gasteiger charge is -2.11. The van der Waals surface area contributed by atoms with Gasteiger partial charge < -0.3 is 15.6 Å². The molecule has 1 aromatic carbocycles.